The quantitative estimate of drug-likeness (QED) is 0.729. The van der Waals surface area contributed by atoms with Crippen molar-refractivity contribution in [2.75, 3.05) is 32.8 Å². The topological polar surface area (TPSA) is 50.8 Å². The first kappa shape index (κ1) is 14.6. The number of ether oxygens (including phenoxy) is 2. The molecule has 2 fully saturated rings. The molecule has 5 nitrogen and oxygen atoms in total. The molecule has 0 aromatic rings. The molecule has 2 rings (SSSR count). The van der Waals surface area contributed by atoms with Gasteiger partial charge < -0.3 is 19.7 Å². The van der Waals surface area contributed by atoms with Crippen LogP contribution >= 0.6 is 0 Å². The van der Waals surface area contributed by atoms with Crippen LogP contribution in [0.4, 0.5) is 4.79 Å². The molecule has 1 N–H and O–H groups in total. The summed E-state index contributed by atoms with van der Waals surface area (Å²) in [4.78, 5) is 14.4. The summed E-state index contributed by atoms with van der Waals surface area (Å²) >= 11 is 0. The molecule has 5 heteroatoms. The van der Waals surface area contributed by atoms with E-state index in [9.17, 15) is 4.79 Å². The van der Waals surface area contributed by atoms with Gasteiger partial charge in [0.1, 0.15) is 5.60 Å². The van der Waals surface area contributed by atoms with E-state index in [1.165, 1.54) is 0 Å². The molecule has 0 radical (unpaired) electrons. The number of amides is 1. The van der Waals surface area contributed by atoms with Gasteiger partial charge in [-0.05, 0) is 46.6 Å². The third kappa shape index (κ3) is 3.60. The maximum atomic E-state index is 12.5. The fourth-order valence-electron chi connectivity index (χ4n) is 2.82. The molecular weight excluding hydrogens is 244 g/mol. The summed E-state index contributed by atoms with van der Waals surface area (Å²) in [6.45, 7) is 9.76. The van der Waals surface area contributed by atoms with Crippen LogP contribution in [0.3, 0.4) is 0 Å². The van der Waals surface area contributed by atoms with Crippen LogP contribution in [0.2, 0.25) is 0 Å². The smallest absolute Gasteiger partial charge is 0.410 e. The largest absolute Gasteiger partial charge is 0.444 e. The molecule has 1 amide bonds. The summed E-state index contributed by atoms with van der Waals surface area (Å²) in [5.41, 5.74) is -0.569. The van der Waals surface area contributed by atoms with Crippen molar-refractivity contribution in [2.24, 2.45) is 0 Å². The maximum absolute atomic E-state index is 12.5. The van der Waals surface area contributed by atoms with Crippen molar-refractivity contribution in [3.05, 3.63) is 0 Å². The lowest BCUT2D eigenvalue weighted by molar-refractivity contribution is -0.0402. The van der Waals surface area contributed by atoms with Gasteiger partial charge in [0, 0.05) is 26.3 Å². The van der Waals surface area contributed by atoms with Gasteiger partial charge in [0.25, 0.3) is 0 Å². The number of carbonyl (C=O) groups excluding carboxylic acids is 1. The van der Waals surface area contributed by atoms with Gasteiger partial charge >= 0.3 is 6.09 Å². The average molecular weight is 270 g/mol. The van der Waals surface area contributed by atoms with Crippen LogP contribution in [0, 0.1) is 0 Å². The van der Waals surface area contributed by atoms with Crippen molar-refractivity contribution < 1.29 is 14.3 Å². The first-order valence-corrected chi connectivity index (χ1v) is 7.22. The van der Waals surface area contributed by atoms with Crippen LogP contribution in [0.25, 0.3) is 0 Å². The van der Waals surface area contributed by atoms with Gasteiger partial charge in [0.05, 0.1) is 5.54 Å². The first-order valence-electron chi connectivity index (χ1n) is 7.22. The van der Waals surface area contributed by atoms with Crippen LogP contribution in [-0.2, 0) is 9.47 Å². The van der Waals surface area contributed by atoms with E-state index in [1.807, 2.05) is 25.7 Å². The highest BCUT2D eigenvalue weighted by atomic mass is 16.6. The normalized spacial score (nSPS) is 24.1. The molecule has 0 saturated carbocycles. The van der Waals surface area contributed by atoms with Gasteiger partial charge in [-0.15, -0.1) is 0 Å². The average Bonchev–Trinajstić information content (AvgIpc) is 2.51. The highest BCUT2D eigenvalue weighted by molar-refractivity contribution is 5.69. The zero-order chi connectivity index (χ0) is 13.9. The van der Waals surface area contributed by atoms with Crippen LogP contribution in [0.15, 0.2) is 0 Å². The Morgan fingerprint density at radius 3 is 2.63 bits per heavy atom. The van der Waals surface area contributed by atoms with E-state index in [0.29, 0.717) is 0 Å². The molecule has 2 saturated heterocycles. The summed E-state index contributed by atoms with van der Waals surface area (Å²) < 4.78 is 11.0. The van der Waals surface area contributed by atoms with E-state index in [4.69, 9.17) is 9.47 Å². The third-order valence-electron chi connectivity index (χ3n) is 3.80. The van der Waals surface area contributed by atoms with E-state index >= 15 is 0 Å². The molecule has 0 aliphatic carbocycles. The van der Waals surface area contributed by atoms with Crippen molar-refractivity contribution in [1.29, 1.82) is 0 Å². The zero-order valence-electron chi connectivity index (χ0n) is 12.3. The van der Waals surface area contributed by atoms with Gasteiger partial charge in [-0.3, -0.25) is 0 Å². The molecule has 110 valence electrons. The molecule has 0 atom stereocenters. The molecule has 1 spiro atoms. The van der Waals surface area contributed by atoms with Crippen LogP contribution in [0.5, 0.6) is 0 Å². The number of hydrogen-bond donors (Lipinski definition) is 1. The standard InChI is InChI=1S/C14H26N2O3/c1-13(2,3)19-12(17)16-8-4-7-15-11-14(16)5-9-18-10-6-14/h15H,4-11H2,1-3H3. The molecular formula is C14H26N2O3. The van der Waals surface area contributed by atoms with Crippen molar-refractivity contribution in [1.82, 2.24) is 10.2 Å². The van der Waals surface area contributed by atoms with Crippen molar-refractivity contribution in [3.8, 4) is 0 Å². The van der Waals surface area contributed by atoms with E-state index in [0.717, 1.165) is 52.1 Å². The molecule has 2 aliphatic heterocycles. The summed E-state index contributed by atoms with van der Waals surface area (Å²) in [5, 5.41) is 3.45. The van der Waals surface area contributed by atoms with Gasteiger partial charge in [-0.1, -0.05) is 0 Å². The third-order valence-corrected chi connectivity index (χ3v) is 3.80. The molecule has 2 heterocycles. The lowest BCUT2D eigenvalue weighted by atomic mass is 9.88. The SMILES string of the molecule is CC(C)(C)OC(=O)N1CCCNCC12CCOCC2. The Labute approximate surface area is 115 Å². The first-order chi connectivity index (χ1) is 8.93. The second-order valence-electron chi connectivity index (χ2n) is 6.50. The maximum Gasteiger partial charge on any atom is 0.410 e. The van der Waals surface area contributed by atoms with E-state index in [2.05, 4.69) is 5.32 Å². The Hall–Kier alpha value is -0.810. The molecule has 2 aliphatic rings. The zero-order valence-corrected chi connectivity index (χ0v) is 12.3. The molecule has 0 bridgehead atoms. The fourth-order valence-corrected chi connectivity index (χ4v) is 2.82. The van der Waals surface area contributed by atoms with Gasteiger partial charge in [-0.25, -0.2) is 4.79 Å². The van der Waals surface area contributed by atoms with Crippen molar-refractivity contribution in [2.45, 2.75) is 51.2 Å². The Balaban J connectivity index is 2.14. The minimum atomic E-state index is -0.441. The number of nitrogens with one attached hydrogen (secondary N) is 1. The van der Waals surface area contributed by atoms with Crippen molar-refractivity contribution in [3.63, 3.8) is 0 Å². The number of nitrogens with zero attached hydrogens (tertiary/aromatic N) is 1. The lowest BCUT2D eigenvalue weighted by Crippen LogP contribution is -2.59. The number of hydrogen-bond acceptors (Lipinski definition) is 4. The Morgan fingerprint density at radius 1 is 1.32 bits per heavy atom. The number of rotatable bonds is 0. The summed E-state index contributed by atoms with van der Waals surface area (Å²) in [7, 11) is 0. The van der Waals surface area contributed by atoms with Gasteiger partial charge in [0.2, 0.25) is 0 Å². The summed E-state index contributed by atoms with van der Waals surface area (Å²) in [6.07, 6.45) is 2.57. The summed E-state index contributed by atoms with van der Waals surface area (Å²) in [6, 6.07) is 0. The number of carbonyl (C=O) groups is 1. The minimum Gasteiger partial charge on any atom is -0.444 e. The molecule has 19 heavy (non-hydrogen) atoms. The van der Waals surface area contributed by atoms with Gasteiger partial charge in [-0.2, -0.15) is 0 Å². The Morgan fingerprint density at radius 2 is 2.00 bits per heavy atom. The van der Waals surface area contributed by atoms with Crippen LogP contribution in [-0.4, -0.2) is 55.0 Å². The van der Waals surface area contributed by atoms with Crippen LogP contribution < -0.4 is 5.32 Å². The highest BCUT2D eigenvalue weighted by Crippen LogP contribution is 2.30. The predicted molar refractivity (Wildman–Crippen MR) is 73.2 cm³/mol. The van der Waals surface area contributed by atoms with E-state index in [1.54, 1.807) is 0 Å². The molecule has 0 unspecified atom stereocenters. The monoisotopic (exact) mass is 270 g/mol. The van der Waals surface area contributed by atoms with E-state index < -0.39 is 5.60 Å². The minimum absolute atomic E-state index is 0.128. The van der Waals surface area contributed by atoms with E-state index in [-0.39, 0.29) is 11.6 Å². The summed E-state index contributed by atoms with van der Waals surface area (Å²) in [5.74, 6) is 0. The molecule has 0 aromatic heterocycles. The Kier molecular flexibility index (Phi) is 4.36. The van der Waals surface area contributed by atoms with Gasteiger partial charge in [0.15, 0.2) is 0 Å². The van der Waals surface area contributed by atoms with Crippen LogP contribution in [0.1, 0.15) is 40.0 Å². The fraction of sp³-hybridized carbons (Fsp3) is 0.929. The molecule has 0 aromatic carbocycles. The second-order valence-corrected chi connectivity index (χ2v) is 6.50. The predicted octanol–water partition coefficient (Wildman–Crippen LogP) is 1.77. The lowest BCUT2D eigenvalue weighted by Gasteiger charge is -2.45. The second kappa shape index (κ2) is 5.67. The van der Waals surface area contributed by atoms with Crippen molar-refractivity contribution >= 4 is 6.09 Å². The highest BCUT2D eigenvalue weighted by Gasteiger charge is 2.43. The Bertz CT molecular complexity index is 319.